The van der Waals surface area contributed by atoms with Crippen molar-refractivity contribution in [3.05, 3.63) is 29.8 Å². The molecule has 0 saturated carbocycles. The van der Waals surface area contributed by atoms with Crippen LogP contribution in [0.2, 0.25) is 0 Å². The van der Waals surface area contributed by atoms with E-state index < -0.39 is 16.0 Å². The molecule has 0 amide bonds. The molecule has 0 heterocycles. The number of carboxylic acids is 1. The Labute approximate surface area is 101 Å². The van der Waals surface area contributed by atoms with E-state index in [1.54, 1.807) is 24.3 Å². The highest BCUT2D eigenvalue weighted by molar-refractivity contribution is 7.92. The van der Waals surface area contributed by atoms with E-state index in [4.69, 9.17) is 5.11 Å². The summed E-state index contributed by atoms with van der Waals surface area (Å²) in [5, 5.41) is 8.42. The monoisotopic (exact) mass is 257 g/mol. The van der Waals surface area contributed by atoms with Gasteiger partial charge in [0, 0.05) is 12.1 Å². The predicted molar refractivity (Wildman–Crippen MR) is 65.5 cm³/mol. The van der Waals surface area contributed by atoms with Crippen molar-refractivity contribution in [2.24, 2.45) is 0 Å². The van der Waals surface area contributed by atoms with Crippen LogP contribution in [0.15, 0.2) is 24.3 Å². The molecule has 0 radical (unpaired) electrons. The highest BCUT2D eigenvalue weighted by atomic mass is 32.2. The van der Waals surface area contributed by atoms with Crippen molar-refractivity contribution < 1.29 is 18.3 Å². The van der Waals surface area contributed by atoms with E-state index in [0.29, 0.717) is 5.69 Å². The number of benzene rings is 1. The quantitative estimate of drug-likeness (QED) is 0.810. The molecule has 0 aliphatic carbocycles. The lowest BCUT2D eigenvalue weighted by molar-refractivity contribution is -0.137. The van der Waals surface area contributed by atoms with Crippen LogP contribution in [-0.4, -0.2) is 25.2 Å². The highest BCUT2D eigenvalue weighted by Crippen LogP contribution is 2.11. The molecule has 0 spiro atoms. The van der Waals surface area contributed by atoms with Crippen LogP contribution in [0.4, 0.5) is 5.69 Å². The van der Waals surface area contributed by atoms with Gasteiger partial charge in [-0.3, -0.25) is 9.52 Å². The number of carboxylic acid groups (broad SMARTS) is 1. The van der Waals surface area contributed by atoms with Crippen molar-refractivity contribution in [1.29, 1.82) is 0 Å². The van der Waals surface area contributed by atoms with E-state index in [-0.39, 0.29) is 18.6 Å². The van der Waals surface area contributed by atoms with E-state index in [1.165, 1.54) is 0 Å². The van der Waals surface area contributed by atoms with Crippen LogP contribution >= 0.6 is 0 Å². The Morgan fingerprint density at radius 1 is 1.29 bits per heavy atom. The summed E-state index contributed by atoms with van der Waals surface area (Å²) in [6.07, 6.45) is -0.0364. The third-order valence-electron chi connectivity index (χ3n) is 2.13. The van der Waals surface area contributed by atoms with Gasteiger partial charge in [0.05, 0.1) is 5.75 Å². The van der Waals surface area contributed by atoms with Crippen LogP contribution in [0.5, 0.6) is 0 Å². The minimum Gasteiger partial charge on any atom is -0.481 e. The first-order chi connectivity index (χ1) is 7.89. The summed E-state index contributed by atoms with van der Waals surface area (Å²) < 4.78 is 25.5. The fraction of sp³-hybridized carbons (Fsp3) is 0.364. The molecule has 1 aromatic rings. The second kappa shape index (κ2) is 5.67. The summed E-state index contributed by atoms with van der Waals surface area (Å²) in [6, 6.07) is 6.94. The Kier molecular flexibility index (Phi) is 4.51. The van der Waals surface area contributed by atoms with Crippen molar-refractivity contribution in [3.63, 3.8) is 0 Å². The molecule has 1 aromatic carbocycles. The number of carbonyl (C=O) groups is 1. The molecule has 94 valence electrons. The maximum absolute atomic E-state index is 11.6. The van der Waals surface area contributed by atoms with Crippen LogP contribution < -0.4 is 4.72 Å². The number of aliphatic carboxylic acids is 1. The molecule has 0 aromatic heterocycles. The van der Waals surface area contributed by atoms with Crippen molar-refractivity contribution in [2.75, 3.05) is 10.5 Å². The van der Waals surface area contributed by atoms with Gasteiger partial charge in [-0.2, -0.15) is 0 Å². The lowest BCUT2D eigenvalue weighted by Gasteiger charge is -2.07. The normalized spacial score (nSPS) is 11.1. The first-order valence-corrected chi connectivity index (χ1v) is 6.83. The average Bonchev–Trinajstić information content (AvgIpc) is 2.20. The summed E-state index contributed by atoms with van der Waals surface area (Å²) in [5.74, 6) is -1.18. The largest absolute Gasteiger partial charge is 0.481 e. The Morgan fingerprint density at radius 3 is 2.41 bits per heavy atom. The molecule has 1 rings (SSSR count). The molecule has 0 atom stereocenters. The van der Waals surface area contributed by atoms with E-state index in [9.17, 15) is 13.2 Å². The molecule has 0 aliphatic heterocycles. The van der Waals surface area contributed by atoms with Gasteiger partial charge in [0.25, 0.3) is 0 Å². The zero-order valence-electron chi connectivity index (χ0n) is 9.51. The summed E-state index contributed by atoms with van der Waals surface area (Å²) in [5.41, 5.74) is 1.53. The maximum atomic E-state index is 11.6. The molecule has 0 fully saturated rings. The van der Waals surface area contributed by atoms with Crippen molar-refractivity contribution >= 4 is 21.7 Å². The number of nitrogens with one attached hydrogen (secondary N) is 1. The number of sulfonamides is 1. The minimum absolute atomic E-state index is 0.108. The Morgan fingerprint density at radius 2 is 1.88 bits per heavy atom. The van der Waals surface area contributed by atoms with Gasteiger partial charge in [-0.15, -0.1) is 0 Å². The second-order valence-corrected chi connectivity index (χ2v) is 5.63. The number of anilines is 1. The smallest absolute Gasteiger partial charge is 0.303 e. The van der Waals surface area contributed by atoms with Crippen molar-refractivity contribution in [1.82, 2.24) is 0 Å². The van der Waals surface area contributed by atoms with E-state index >= 15 is 0 Å². The highest BCUT2D eigenvalue weighted by Gasteiger charge is 2.11. The minimum atomic E-state index is -3.46. The van der Waals surface area contributed by atoms with Gasteiger partial charge in [-0.1, -0.05) is 17.7 Å². The van der Waals surface area contributed by atoms with Crippen LogP contribution in [-0.2, 0) is 14.8 Å². The van der Waals surface area contributed by atoms with Gasteiger partial charge in [0.2, 0.25) is 10.0 Å². The van der Waals surface area contributed by atoms with Crippen LogP contribution in [0, 0.1) is 6.92 Å². The molecule has 0 saturated heterocycles. The summed E-state index contributed by atoms with van der Waals surface area (Å²) in [4.78, 5) is 10.3. The zero-order chi connectivity index (χ0) is 12.9. The first-order valence-electron chi connectivity index (χ1n) is 5.18. The summed E-state index contributed by atoms with van der Waals surface area (Å²) in [7, 11) is -3.46. The fourth-order valence-corrected chi connectivity index (χ4v) is 2.39. The first kappa shape index (κ1) is 13.5. The molecule has 0 unspecified atom stereocenters. The summed E-state index contributed by atoms with van der Waals surface area (Å²) >= 11 is 0. The Bertz CT molecular complexity index is 479. The van der Waals surface area contributed by atoms with Gasteiger partial charge in [0.1, 0.15) is 0 Å². The van der Waals surface area contributed by atoms with Crippen LogP contribution in [0.1, 0.15) is 18.4 Å². The van der Waals surface area contributed by atoms with E-state index in [0.717, 1.165) is 5.56 Å². The van der Waals surface area contributed by atoms with Gasteiger partial charge < -0.3 is 5.11 Å². The molecule has 0 bridgehead atoms. The Balaban J connectivity index is 2.54. The maximum Gasteiger partial charge on any atom is 0.303 e. The number of aryl methyl sites for hydroxylation is 1. The molecule has 6 heteroatoms. The van der Waals surface area contributed by atoms with E-state index in [2.05, 4.69) is 4.72 Å². The number of hydrogen-bond acceptors (Lipinski definition) is 3. The lowest BCUT2D eigenvalue weighted by Crippen LogP contribution is -2.17. The summed E-state index contributed by atoms with van der Waals surface area (Å²) in [6.45, 7) is 1.91. The molecule has 17 heavy (non-hydrogen) atoms. The fourth-order valence-electron chi connectivity index (χ4n) is 1.27. The van der Waals surface area contributed by atoms with Crippen LogP contribution in [0.3, 0.4) is 0 Å². The van der Waals surface area contributed by atoms with E-state index in [1.807, 2.05) is 6.92 Å². The number of hydrogen-bond donors (Lipinski definition) is 2. The Hall–Kier alpha value is -1.56. The second-order valence-electron chi connectivity index (χ2n) is 3.78. The molecule has 5 nitrogen and oxygen atoms in total. The molecular formula is C11H15NO4S. The molecule has 2 N–H and O–H groups in total. The SMILES string of the molecule is Cc1ccc(NS(=O)(=O)CCCC(=O)O)cc1. The molecule has 0 aliphatic rings. The van der Waals surface area contributed by atoms with Gasteiger partial charge in [-0.05, 0) is 25.5 Å². The average molecular weight is 257 g/mol. The third-order valence-corrected chi connectivity index (χ3v) is 3.50. The number of rotatable bonds is 6. The zero-order valence-corrected chi connectivity index (χ0v) is 10.3. The predicted octanol–water partition coefficient (Wildman–Crippen LogP) is 1.60. The van der Waals surface area contributed by atoms with Gasteiger partial charge in [0.15, 0.2) is 0 Å². The van der Waals surface area contributed by atoms with Gasteiger partial charge >= 0.3 is 5.97 Å². The standard InChI is InChI=1S/C11H15NO4S/c1-9-4-6-10(7-5-9)12-17(15,16)8-2-3-11(13)14/h4-7,12H,2-3,8H2,1H3,(H,13,14). The lowest BCUT2D eigenvalue weighted by atomic mass is 10.2. The topological polar surface area (TPSA) is 83.5 Å². The molecular weight excluding hydrogens is 242 g/mol. The van der Waals surface area contributed by atoms with Crippen LogP contribution in [0.25, 0.3) is 0 Å². The van der Waals surface area contributed by atoms with Crippen molar-refractivity contribution in [3.8, 4) is 0 Å². The third kappa shape index (κ3) is 5.35. The van der Waals surface area contributed by atoms with Gasteiger partial charge in [-0.25, -0.2) is 8.42 Å². The van der Waals surface area contributed by atoms with Crippen molar-refractivity contribution in [2.45, 2.75) is 19.8 Å².